The summed E-state index contributed by atoms with van der Waals surface area (Å²) in [4.78, 5) is 16.4. The van der Waals surface area contributed by atoms with Crippen molar-refractivity contribution in [1.82, 2.24) is 4.98 Å². The van der Waals surface area contributed by atoms with Crippen LogP contribution in [0.1, 0.15) is 22.8 Å². The van der Waals surface area contributed by atoms with Gasteiger partial charge in [0.15, 0.2) is 5.78 Å². The van der Waals surface area contributed by atoms with E-state index in [1.54, 1.807) is 14.0 Å². The Kier molecular flexibility index (Phi) is 4.05. The lowest BCUT2D eigenvalue weighted by molar-refractivity contribution is 0.101. The van der Waals surface area contributed by atoms with Crippen LogP contribution in [0.5, 0.6) is 5.75 Å². The number of pyridine rings is 1. The second kappa shape index (κ2) is 6.01. The third-order valence-corrected chi connectivity index (χ3v) is 4.10. The number of hydrogen-bond acceptors (Lipinski definition) is 3. The molecule has 0 bridgehead atoms. The summed E-state index contributed by atoms with van der Waals surface area (Å²) in [5, 5.41) is 1.24. The van der Waals surface area contributed by atoms with E-state index < -0.39 is 0 Å². The zero-order valence-electron chi connectivity index (χ0n) is 13.2. The average molecular weight is 326 g/mol. The summed E-state index contributed by atoms with van der Waals surface area (Å²) in [7, 11) is 1.63. The number of halogens is 1. The number of hydrogen-bond donors (Lipinski definition) is 0. The van der Waals surface area contributed by atoms with E-state index in [1.165, 1.54) is 0 Å². The molecule has 4 heteroatoms. The summed E-state index contributed by atoms with van der Waals surface area (Å²) in [5.74, 6) is 0.794. The lowest BCUT2D eigenvalue weighted by Gasteiger charge is -2.10. The minimum Gasteiger partial charge on any atom is -0.497 e. The highest BCUT2D eigenvalue weighted by atomic mass is 35.5. The van der Waals surface area contributed by atoms with Crippen molar-refractivity contribution in [2.24, 2.45) is 0 Å². The molecule has 0 aliphatic heterocycles. The number of benzene rings is 2. The van der Waals surface area contributed by atoms with E-state index in [-0.39, 0.29) is 5.78 Å². The molecule has 1 aromatic heterocycles. The highest BCUT2D eigenvalue weighted by Crippen LogP contribution is 2.32. The first-order valence-electron chi connectivity index (χ1n) is 7.26. The first kappa shape index (κ1) is 15.5. The van der Waals surface area contributed by atoms with Gasteiger partial charge in [0.05, 0.1) is 12.6 Å². The van der Waals surface area contributed by atoms with E-state index in [2.05, 4.69) is 4.98 Å². The van der Waals surface area contributed by atoms with Gasteiger partial charge in [-0.1, -0.05) is 23.7 Å². The highest BCUT2D eigenvalue weighted by Gasteiger charge is 2.13. The Balaban J connectivity index is 2.25. The summed E-state index contributed by atoms with van der Waals surface area (Å²) < 4.78 is 5.18. The molecule has 0 atom stereocenters. The van der Waals surface area contributed by atoms with E-state index in [0.29, 0.717) is 10.7 Å². The topological polar surface area (TPSA) is 39.2 Å². The number of ether oxygens (including phenoxy) is 1. The molecule has 0 unspecified atom stereocenters. The van der Waals surface area contributed by atoms with Crippen LogP contribution in [0.15, 0.2) is 42.5 Å². The Labute approximate surface area is 139 Å². The van der Waals surface area contributed by atoms with Crippen molar-refractivity contribution >= 4 is 28.3 Å². The lowest BCUT2D eigenvalue weighted by atomic mass is 9.99. The first-order chi connectivity index (χ1) is 11.0. The number of fused-ring (bicyclic) bond motifs is 1. The summed E-state index contributed by atoms with van der Waals surface area (Å²) in [6, 6.07) is 13.4. The zero-order valence-corrected chi connectivity index (χ0v) is 13.9. The van der Waals surface area contributed by atoms with E-state index >= 15 is 0 Å². The van der Waals surface area contributed by atoms with Crippen molar-refractivity contribution in [2.45, 2.75) is 13.8 Å². The average Bonchev–Trinajstić information content (AvgIpc) is 2.53. The van der Waals surface area contributed by atoms with Gasteiger partial charge in [-0.2, -0.15) is 0 Å². The Morgan fingerprint density at radius 1 is 1.13 bits per heavy atom. The fourth-order valence-electron chi connectivity index (χ4n) is 2.66. The van der Waals surface area contributed by atoms with Crippen LogP contribution in [0.3, 0.4) is 0 Å². The molecule has 0 spiro atoms. The predicted octanol–water partition coefficient (Wildman–Crippen LogP) is 5.07. The van der Waals surface area contributed by atoms with E-state index in [4.69, 9.17) is 16.3 Å². The summed E-state index contributed by atoms with van der Waals surface area (Å²) >= 11 is 6.37. The molecule has 0 saturated carbocycles. The van der Waals surface area contributed by atoms with Crippen LogP contribution in [0.4, 0.5) is 0 Å². The molecule has 2 aromatic carbocycles. The molecule has 3 aromatic rings. The van der Waals surface area contributed by atoms with Crippen molar-refractivity contribution in [2.75, 3.05) is 7.11 Å². The van der Waals surface area contributed by atoms with E-state index in [1.807, 2.05) is 49.4 Å². The third-order valence-electron chi connectivity index (χ3n) is 3.81. The minimum absolute atomic E-state index is 0.0171. The molecule has 0 aliphatic rings. The predicted molar refractivity (Wildman–Crippen MR) is 93.5 cm³/mol. The second-order valence-corrected chi connectivity index (χ2v) is 5.85. The molecular formula is C19H16ClNO2. The van der Waals surface area contributed by atoms with Crippen molar-refractivity contribution in [3.8, 4) is 16.9 Å². The van der Waals surface area contributed by atoms with Gasteiger partial charge in [-0.15, -0.1) is 0 Å². The maximum atomic E-state index is 12.0. The molecule has 0 N–H and O–H groups in total. The fourth-order valence-corrected chi connectivity index (χ4v) is 2.91. The van der Waals surface area contributed by atoms with Crippen LogP contribution < -0.4 is 4.74 Å². The number of methoxy groups -OCH3 is 1. The van der Waals surface area contributed by atoms with Crippen molar-refractivity contribution in [1.29, 1.82) is 0 Å². The SMILES string of the molecule is COc1ccc(-c2cc3c(C(C)=O)cc(C)cc3nc2Cl)cc1. The minimum atomic E-state index is 0.0171. The molecule has 0 saturated heterocycles. The van der Waals surface area contributed by atoms with E-state index in [0.717, 1.165) is 33.3 Å². The number of rotatable bonds is 3. The Morgan fingerprint density at radius 2 is 1.83 bits per heavy atom. The summed E-state index contributed by atoms with van der Waals surface area (Å²) in [5.41, 5.74) is 4.12. The van der Waals surface area contributed by atoms with Crippen molar-refractivity contribution in [3.63, 3.8) is 0 Å². The van der Waals surface area contributed by atoms with E-state index in [9.17, 15) is 4.79 Å². The molecule has 0 radical (unpaired) electrons. The zero-order chi connectivity index (χ0) is 16.6. The molecule has 23 heavy (non-hydrogen) atoms. The normalized spacial score (nSPS) is 10.8. The van der Waals surface area contributed by atoms with Gasteiger partial charge in [0.2, 0.25) is 0 Å². The quantitative estimate of drug-likeness (QED) is 0.498. The molecule has 3 rings (SSSR count). The van der Waals surface area contributed by atoms with Crippen LogP contribution in [-0.2, 0) is 0 Å². The molecule has 1 heterocycles. The highest BCUT2D eigenvalue weighted by molar-refractivity contribution is 6.32. The number of carbonyl (C=O) groups excluding carboxylic acids is 1. The Morgan fingerprint density at radius 3 is 2.43 bits per heavy atom. The van der Waals surface area contributed by atoms with Crippen LogP contribution >= 0.6 is 11.6 Å². The maximum absolute atomic E-state index is 12.0. The smallest absolute Gasteiger partial charge is 0.160 e. The maximum Gasteiger partial charge on any atom is 0.160 e. The number of Topliss-reactive ketones (excluding diaryl/α,β-unsaturated/α-hetero) is 1. The monoisotopic (exact) mass is 325 g/mol. The first-order valence-corrected chi connectivity index (χ1v) is 7.63. The van der Waals surface area contributed by atoms with Crippen LogP contribution in [0, 0.1) is 6.92 Å². The van der Waals surface area contributed by atoms with Gasteiger partial charge in [0.1, 0.15) is 10.9 Å². The standard InChI is InChI=1S/C19H16ClNO2/c1-11-8-15(12(2)22)17-10-16(19(20)21-18(17)9-11)13-4-6-14(23-3)7-5-13/h4-10H,1-3H3. The van der Waals surface area contributed by atoms with Crippen LogP contribution in [0.2, 0.25) is 5.15 Å². The van der Waals surface area contributed by atoms with Crippen LogP contribution in [0.25, 0.3) is 22.0 Å². The third kappa shape index (κ3) is 2.92. The molecule has 0 aliphatic carbocycles. The summed E-state index contributed by atoms with van der Waals surface area (Å²) in [6.07, 6.45) is 0. The largest absolute Gasteiger partial charge is 0.497 e. The van der Waals surface area contributed by atoms with Gasteiger partial charge in [0.25, 0.3) is 0 Å². The van der Waals surface area contributed by atoms with Gasteiger partial charge in [-0.3, -0.25) is 4.79 Å². The number of ketones is 1. The molecule has 3 nitrogen and oxygen atoms in total. The van der Waals surface area contributed by atoms with Gasteiger partial charge in [-0.05, 0) is 55.3 Å². The lowest BCUT2D eigenvalue weighted by Crippen LogP contribution is -1.97. The van der Waals surface area contributed by atoms with Gasteiger partial charge >= 0.3 is 0 Å². The van der Waals surface area contributed by atoms with Crippen molar-refractivity contribution < 1.29 is 9.53 Å². The Bertz CT molecular complexity index is 901. The van der Waals surface area contributed by atoms with Gasteiger partial charge < -0.3 is 4.74 Å². The van der Waals surface area contributed by atoms with Gasteiger partial charge in [-0.25, -0.2) is 4.98 Å². The number of carbonyl (C=O) groups is 1. The number of aryl methyl sites for hydroxylation is 1. The van der Waals surface area contributed by atoms with Gasteiger partial charge in [0, 0.05) is 16.5 Å². The molecular weight excluding hydrogens is 310 g/mol. The second-order valence-electron chi connectivity index (χ2n) is 5.49. The fraction of sp³-hybridized carbons (Fsp3) is 0.158. The molecule has 0 fully saturated rings. The van der Waals surface area contributed by atoms with Crippen LogP contribution in [-0.4, -0.2) is 17.9 Å². The number of aromatic nitrogens is 1. The summed E-state index contributed by atoms with van der Waals surface area (Å²) in [6.45, 7) is 3.51. The number of nitrogens with zero attached hydrogens (tertiary/aromatic N) is 1. The van der Waals surface area contributed by atoms with Crippen molar-refractivity contribution in [3.05, 3.63) is 58.7 Å². The molecule has 116 valence electrons. The molecule has 0 amide bonds. The Hall–Kier alpha value is -2.39.